The van der Waals surface area contributed by atoms with Gasteiger partial charge in [0.05, 0.1) is 9.32 Å². The highest BCUT2D eigenvalue weighted by molar-refractivity contribution is 14.1. The van der Waals surface area contributed by atoms with E-state index in [1.165, 1.54) is 11.1 Å². The second-order valence-corrected chi connectivity index (χ2v) is 8.41. The molecule has 1 aromatic rings. The number of halogens is 3. The van der Waals surface area contributed by atoms with E-state index in [-0.39, 0.29) is 35.8 Å². The van der Waals surface area contributed by atoms with Crippen molar-refractivity contribution in [1.82, 2.24) is 9.97 Å². The third kappa shape index (κ3) is 3.89. The van der Waals surface area contributed by atoms with Gasteiger partial charge in [0.15, 0.2) is 5.82 Å². The van der Waals surface area contributed by atoms with Crippen LogP contribution in [0.4, 0.5) is 5.82 Å². The fraction of sp³-hybridized carbons (Fsp3) is 0.444. The second-order valence-electron chi connectivity index (χ2n) is 4.09. The molecular weight excluding hydrogens is 428 g/mol. The molecule has 0 saturated carbocycles. The standard InChI is InChI=1S/C9H8Cl2IN3O3S/c10-9-13-2-6(12)8(14-9)15-3-5(1-7(15)16)4-19(11,17)18/h2,5H,1,3-4H2. The fourth-order valence-electron chi connectivity index (χ4n) is 1.91. The van der Waals surface area contributed by atoms with Crippen LogP contribution >= 0.6 is 44.9 Å². The smallest absolute Gasteiger partial charge is 0.232 e. The van der Waals surface area contributed by atoms with Crippen molar-refractivity contribution in [3.05, 3.63) is 15.1 Å². The van der Waals surface area contributed by atoms with E-state index in [9.17, 15) is 13.2 Å². The fourth-order valence-corrected chi connectivity index (χ4v) is 3.91. The van der Waals surface area contributed by atoms with Crippen molar-refractivity contribution in [2.75, 3.05) is 17.2 Å². The van der Waals surface area contributed by atoms with Crippen molar-refractivity contribution in [3.63, 3.8) is 0 Å². The molecule has 1 aliphatic rings. The van der Waals surface area contributed by atoms with Crippen LogP contribution in [0.3, 0.4) is 0 Å². The number of nitrogens with zero attached hydrogens (tertiary/aromatic N) is 3. The Morgan fingerprint density at radius 1 is 1.53 bits per heavy atom. The van der Waals surface area contributed by atoms with E-state index in [0.717, 1.165) is 0 Å². The van der Waals surface area contributed by atoms with Crippen molar-refractivity contribution >= 4 is 65.7 Å². The number of carbonyl (C=O) groups is 1. The van der Waals surface area contributed by atoms with Crippen molar-refractivity contribution in [2.45, 2.75) is 6.42 Å². The lowest BCUT2D eigenvalue weighted by Gasteiger charge is -2.16. The minimum absolute atomic E-state index is 0.0385. The highest BCUT2D eigenvalue weighted by Gasteiger charge is 2.34. The monoisotopic (exact) mass is 435 g/mol. The first-order valence-corrected chi connectivity index (χ1v) is 9.10. The summed E-state index contributed by atoms with van der Waals surface area (Å²) in [5, 5.41) is 0.0385. The van der Waals surface area contributed by atoms with Gasteiger partial charge in [0.2, 0.25) is 20.2 Å². The van der Waals surface area contributed by atoms with Gasteiger partial charge in [-0.1, -0.05) is 0 Å². The summed E-state index contributed by atoms with van der Waals surface area (Å²) in [5.74, 6) is -0.357. The number of rotatable bonds is 3. The second kappa shape index (κ2) is 5.66. The summed E-state index contributed by atoms with van der Waals surface area (Å²) in [5.41, 5.74) is 0. The molecule has 1 aliphatic heterocycles. The van der Waals surface area contributed by atoms with Crippen molar-refractivity contribution in [2.24, 2.45) is 5.92 Å². The topological polar surface area (TPSA) is 80.2 Å². The van der Waals surface area contributed by atoms with E-state index in [0.29, 0.717) is 9.39 Å². The number of carbonyl (C=O) groups excluding carboxylic acids is 1. The van der Waals surface area contributed by atoms with Gasteiger partial charge in [0.1, 0.15) is 0 Å². The van der Waals surface area contributed by atoms with Gasteiger partial charge in [-0.05, 0) is 34.2 Å². The van der Waals surface area contributed by atoms with Crippen LogP contribution in [0.1, 0.15) is 6.42 Å². The van der Waals surface area contributed by atoms with Crippen LogP contribution in [0.15, 0.2) is 6.20 Å². The molecule has 0 radical (unpaired) electrons. The summed E-state index contributed by atoms with van der Waals surface area (Å²) in [4.78, 5) is 21.1. The van der Waals surface area contributed by atoms with E-state index in [4.69, 9.17) is 22.3 Å². The van der Waals surface area contributed by atoms with Gasteiger partial charge in [-0.3, -0.25) is 9.69 Å². The van der Waals surface area contributed by atoms with Gasteiger partial charge in [0, 0.05) is 35.8 Å². The van der Waals surface area contributed by atoms with E-state index >= 15 is 0 Å². The van der Waals surface area contributed by atoms with Gasteiger partial charge >= 0.3 is 0 Å². The first-order chi connectivity index (χ1) is 8.76. The van der Waals surface area contributed by atoms with Gasteiger partial charge < -0.3 is 0 Å². The molecule has 1 unspecified atom stereocenters. The molecule has 0 bridgehead atoms. The zero-order chi connectivity index (χ0) is 14.2. The average Bonchev–Trinajstić information content (AvgIpc) is 2.60. The van der Waals surface area contributed by atoms with E-state index < -0.39 is 9.05 Å². The van der Waals surface area contributed by atoms with E-state index in [2.05, 4.69) is 9.97 Å². The summed E-state index contributed by atoms with van der Waals surface area (Å²) in [6, 6.07) is 0. The Kier molecular flexibility index (Phi) is 4.53. The Hall–Kier alpha value is -0.190. The molecule has 0 spiro atoms. The van der Waals surface area contributed by atoms with Crippen molar-refractivity contribution in [1.29, 1.82) is 0 Å². The van der Waals surface area contributed by atoms with Crippen LogP contribution in [0.2, 0.25) is 5.28 Å². The lowest BCUT2D eigenvalue weighted by atomic mass is 10.1. The molecular formula is C9H8Cl2IN3O3S. The molecule has 0 aliphatic carbocycles. The van der Waals surface area contributed by atoms with Crippen molar-refractivity contribution in [3.8, 4) is 0 Å². The lowest BCUT2D eigenvalue weighted by molar-refractivity contribution is -0.117. The molecule has 0 N–H and O–H groups in total. The largest absolute Gasteiger partial charge is 0.295 e. The number of anilines is 1. The highest BCUT2D eigenvalue weighted by Crippen LogP contribution is 2.28. The number of amides is 1. The molecule has 104 valence electrons. The predicted octanol–water partition coefficient (Wildman–Crippen LogP) is 1.66. The maximum absolute atomic E-state index is 11.9. The number of hydrogen-bond acceptors (Lipinski definition) is 5. The molecule has 1 fully saturated rings. The van der Waals surface area contributed by atoms with Crippen LogP contribution in [0.5, 0.6) is 0 Å². The SMILES string of the molecule is O=C1CC(CS(=O)(=O)Cl)CN1c1nc(Cl)ncc1I. The Morgan fingerprint density at radius 3 is 2.84 bits per heavy atom. The van der Waals surface area contributed by atoms with Gasteiger partial charge in [0.25, 0.3) is 0 Å². The lowest BCUT2D eigenvalue weighted by Crippen LogP contribution is -2.27. The maximum Gasteiger partial charge on any atom is 0.232 e. The molecule has 10 heteroatoms. The third-order valence-corrected chi connectivity index (χ3v) is 4.78. The third-order valence-electron chi connectivity index (χ3n) is 2.59. The van der Waals surface area contributed by atoms with E-state index in [1.54, 1.807) is 0 Å². The Balaban J connectivity index is 2.23. The first kappa shape index (κ1) is 15.2. The first-order valence-electron chi connectivity index (χ1n) is 5.17. The zero-order valence-electron chi connectivity index (χ0n) is 9.38. The van der Waals surface area contributed by atoms with Gasteiger partial charge in [-0.25, -0.2) is 13.4 Å². The molecule has 6 nitrogen and oxygen atoms in total. The van der Waals surface area contributed by atoms with Gasteiger partial charge in [-0.15, -0.1) is 0 Å². The quantitative estimate of drug-likeness (QED) is 0.409. The highest BCUT2D eigenvalue weighted by atomic mass is 127. The molecule has 19 heavy (non-hydrogen) atoms. The summed E-state index contributed by atoms with van der Waals surface area (Å²) >= 11 is 7.70. The van der Waals surface area contributed by atoms with Gasteiger partial charge in [-0.2, -0.15) is 4.98 Å². The average molecular weight is 436 g/mol. The van der Waals surface area contributed by atoms with Crippen LogP contribution in [-0.4, -0.2) is 36.6 Å². The minimum atomic E-state index is -3.62. The normalized spacial score (nSPS) is 20.1. The Morgan fingerprint density at radius 2 is 2.21 bits per heavy atom. The molecule has 1 saturated heterocycles. The van der Waals surface area contributed by atoms with Crippen molar-refractivity contribution < 1.29 is 13.2 Å². The molecule has 2 heterocycles. The van der Waals surface area contributed by atoms with Crippen LogP contribution in [0, 0.1) is 9.49 Å². The molecule has 1 aromatic heterocycles. The predicted molar refractivity (Wildman–Crippen MR) is 79.9 cm³/mol. The molecule has 1 atom stereocenters. The summed E-state index contributed by atoms with van der Waals surface area (Å²) in [6.07, 6.45) is 1.63. The molecule has 0 aromatic carbocycles. The van der Waals surface area contributed by atoms with Crippen LogP contribution in [-0.2, 0) is 13.8 Å². The Bertz CT molecular complexity index is 625. The summed E-state index contributed by atoms with van der Waals surface area (Å²) in [6.45, 7) is 0.258. The van der Waals surface area contributed by atoms with Crippen LogP contribution < -0.4 is 4.90 Å². The summed E-state index contributed by atoms with van der Waals surface area (Å²) < 4.78 is 22.8. The number of hydrogen-bond donors (Lipinski definition) is 0. The zero-order valence-corrected chi connectivity index (χ0v) is 13.9. The number of aromatic nitrogens is 2. The molecule has 2 rings (SSSR count). The Labute approximate surface area is 133 Å². The van der Waals surface area contributed by atoms with E-state index in [1.807, 2.05) is 22.6 Å². The minimum Gasteiger partial charge on any atom is -0.295 e. The maximum atomic E-state index is 11.9. The van der Waals surface area contributed by atoms with Crippen LogP contribution in [0.25, 0.3) is 0 Å². The summed E-state index contributed by atoms with van der Waals surface area (Å²) in [7, 11) is 1.58. The molecule has 1 amide bonds.